The van der Waals surface area contributed by atoms with E-state index < -0.39 is 0 Å². The molecule has 1 atom stereocenters. The van der Waals surface area contributed by atoms with Crippen molar-refractivity contribution in [2.45, 2.75) is 71.4 Å². The van der Waals surface area contributed by atoms with Crippen LogP contribution in [-0.2, 0) is 29.1 Å². The normalized spacial score (nSPS) is 23.6. The zero-order valence-corrected chi connectivity index (χ0v) is 17.5. The van der Waals surface area contributed by atoms with Crippen molar-refractivity contribution in [2.24, 2.45) is 11.8 Å². The molecule has 29 heavy (non-hydrogen) atoms. The number of hydrogen-bond donors (Lipinski definition) is 0. The van der Waals surface area contributed by atoms with Crippen molar-refractivity contribution in [2.75, 3.05) is 26.2 Å². The Balaban J connectivity index is 1.31. The van der Waals surface area contributed by atoms with E-state index in [4.69, 9.17) is 0 Å². The van der Waals surface area contributed by atoms with E-state index in [9.17, 15) is 14.4 Å². The van der Waals surface area contributed by atoms with Gasteiger partial charge in [0.2, 0.25) is 11.8 Å². The third-order valence-electron chi connectivity index (χ3n) is 6.73. The zero-order chi connectivity index (χ0) is 20.4. The largest absolute Gasteiger partial charge is 0.346 e. The molecule has 1 aromatic rings. The van der Waals surface area contributed by atoms with Crippen LogP contribution in [0.5, 0.6) is 0 Å². The molecule has 1 aromatic heterocycles. The summed E-state index contributed by atoms with van der Waals surface area (Å²) in [5, 5.41) is 4.42. The van der Waals surface area contributed by atoms with E-state index in [1.165, 1.54) is 11.1 Å². The maximum Gasteiger partial charge on any atom is 0.346 e. The molecule has 2 amide bonds. The van der Waals surface area contributed by atoms with Gasteiger partial charge in [-0.05, 0) is 44.4 Å². The number of carbonyl (C=O) groups excluding carboxylic acids is 2. The number of hydrogen-bond acceptors (Lipinski definition) is 4. The molecule has 2 saturated heterocycles. The quantitative estimate of drug-likeness (QED) is 0.761. The number of amides is 2. The van der Waals surface area contributed by atoms with Gasteiger partial charge in [0.05, 0.1) is 0 Å². The first-order valence-corrected chi connectivity index (χ1v) is 11.3. The SMILES string of the molecule is CC1CCCN(C(=O)C2CCN(C(=O)Cn3nc4n(c3=O)CCCCC4)CC2)C1. The minimum absolute atomic E-state index is 0.00108. The molecule has 2 fully saturated rings. The summed E-state index contributed by atoms with van der Waals surface area (Å²) in [7, 11) is 0. The van der Waals surface area contributed by atoms with Crippen LogP contribution in [0.2, 0.25) is 0 Å². The maximum absolute atomic E-state index is 12.8. The Morgan fingerprint density at radius 1 is 0.966 bits per heavy atom. The van der Waals surface area contributed by atoms with Gasteiger partial charge in [-0.25, -0.2) is 9.48 Å². The lowest BCUT2D eigenvalue weighted by Crippen LogP contribution is -2.47. The van der Waals surface area contributed by atoms with Crippen molar-refractivity contribution in [1.29, 1.82) is 0 Å². The van der Waals surface area contributed by atoms with Gasteiger partial charge in [-0.3, -0.25) is 14.2 Å². The summed E-state index contributed by atoms with van der Waals surface area (Å²) in [5.41, 5.74) is -0.167. The highest BCUT2D eigenvalue weighted by Crippen LogP contribution is 2.23. The molecule has 8 heteroatoms. The van der Waals surface area contributed by atoms with Crippen LogP contribution in [0, 0.1) is 11.8 Å². The van der Waals surface area contributed by atoms with Crippen LogP contribution in [0.3, 0.4) is 0 Å². The molecule has 4 rings (SSSR count). The van der Waals surface area contributed by atoms with Gasteiger partial charge in [-0.2, -0.15) is 5.10 Å². The van der Waals surface area contributed by atoms with Crippen LogP contribution in [0.15, 0.2) is 4.79 Å². The van der Waals surface area contributed by atoms with Gasteiger partial charge in [-0.1, -0.05) is 13.3 Å². The van der Waals surface area contributed by atoms with E-state index >= 15 is 0 Å². The van der Waals surface area contributed by atoms with Crippen molar-refractivity contribution in [3.63, 3.8) is 0 Å². The molecule has 0 bridgehead atoms. The van der Waals surface area contributed by atoms with Crippen molar-refractivity contribution in [1.82, 2.24) is 24.1 Å². The van der Waals surface area contributed by atoms with Gasteiger partial charge in [0.25, 0.3) is 0 Å². The molecule has 1 unspecified atom stereocenters. The van der Waals surface area contributed by atoms with Crippen molar-refractivity contribution >= 4 is 11.8 Å². The van der Waals surface area contributed by atoms with Gasteiger partial charge < -0.3 is 9.80 Å². The Labute approximate surface area is 171 Å². The summed E-state index contributed by atoms with van der Waals surface area (Å²) in [5.74, 6) is 1.60. The third-order valence-corrected chi connectivity index (χ3v) is 6.73. The predicted octanol–water partition coefficient (Wildman–Crippen LogP) is 1.27. The lowest BCUT2D eigenvalue weighted by atomic mass is 9.92. The fourth-order valence-electron chi connectivity index (χ4n) is 4.98. The molecule has 0 N–H and O–H groups in total. The number of likely N-dealkylation sites (tertiary alicyclic amines) is 2. The Bertz CT molecular complexity index is 806. The van der Waals surface area contributed by atoms with E-state index in [-0.39, 0.29) is 30.0 Å². The fourth-order valence-corrected chi connectivity index (χ4v) is 4.98. The van der Waals surface area contributed by atoms with Gasteiger partial charge in [0.15, 0.2) is 0 Å². The van der Waals surface area contributed by atoms with Gasteiger partial charge in [0, 0.05) is 45.1 Å². The topological polar surface area (TPSA) is 80.4 Å². The van der Waals surface area contributed by atoms with Crippen LogP contribution < -0.4 is 5.69 Å². The summed E-state index contributed by atoms with van der Waals surface area (Å²) in [6.07, 6.45) is 7.67. The smallest absolute Gasteiger partial charge is 0.342 e. The average Bonchev–Trinajstić information content (AvgIpc) is 2.89. The maximum atomic E-state index is 12.8. The standard InChI is InChI=1S/C21H33N5O3/c1-16-6-5-10-24(14-16)20(28)17-8-12-23(13-9-17)19(27)15-26-21(29)25-11-4-2-3-7-18(25)22-26/h16-17H,2-15H2,1H3. The molecule has 3 aliphatic heterocycles. The van der Waals surface area contributed by atoms with E-state index in [1.54, 1.807) is 9.47 Å². The Kier molecular flexibility index (Phi) is 6.06. The summed E-state index contributed by atoms with van der Waals surface area (Å²) >= 11 is 0. The van der Waals surface area contributed by atoms with E-state index in [0.29, 0.717) is 38.4 Å². The highest BCUT2D eigenvalue weighted by Gasteiger charge is 2.32. The summed E-state index contributed by atoms with van der Waals surface area (Å²) in [6, 6.07) is 0. The summed E-state index contributed by atoms with van der Waals surface area (Å²) in [6.45, 7) is 5.81. The zero-order valence-electron chi connectivity index (χ0n) is 17.5. The number of aromatic nitrogens is 3. The van der Waals surface area contributed by atoms with E-state index in [1.807, 2.05) is 4.90 Å². The van der Waals surface area contributed by atoms with Crippen LogP contribution in [-0.4, -0.2) is 62.1 Å². The van der Waals surface area contributed by atoms with Crippen LogP contribution in [0.25, 0.3) is 0 Å². The highest BCUT2D eigenvalue weighted by molar-refractivity contribution is 5.80. The van der Waals surface area contributed by atoms with E-state index in [2.05, 4.69) is 12.0 Å². The lowest BCUT2D eigenvalue weighted by Gasteiger charge is -2.37. The Hall–Kier alpha value is -2.12. The number of carbonyl (C=O) groups is 2. The molecule has 0 aliphatic carbocycles. The van der Waals surface area contributed by atoms with Crippen LogP contribution >= 0.6 is 0 Å². The predicted molar refractivity (Wildman–Crippen MR) is 108 cm³/mol. The third kappa shape index (κ3) is 4.41. The molecule has 160 valence electrons. The molecule has 8 nitrogen and oxygen atoms in total. The minimum Gasteiger partial charge on any atom is -0.342 e. The molecule has 0 spiro atoms. The number of fused-ring (bicyclic) bond motifs is 1. The van der Waals surface area contributed by atoms with Crippen molar-refractivity contribution in [3.05, 3.63) is 16.3 Å². The summed E-state index contributed by atoms with van der Waals surface area (Å²) in [4.78, 5) is 41.9. The second kappa shape index (κ2) is 8.71. The molecule has 0 radical (unpaired) electrons. The second-order valence-electron chi connectivity index (χ2n) is 9.01. The minimum atomic E-state index is -0.167. The van der Waals surface area contributed by atoms with Crippen molar-refractivity contribution in [3.8, 4) is 0 Å². The second-order valence-corrected chi connectivity index (χ2v) is 9.01. The number of rotatable bonds is 3. The first kappa shape index (κ1) is 20.2. The molecule has 0 saturated carbocycles. The molecule has 0 aromatic carbocycles. The molecular formula is C21H33N5O3. The summed E-state index contributed by atoms with van der Waals surface area (Å²) < 4.78 is 3.06. The first-order chi connectivity index (χ1) is 14.0. The van der Waals surface area contributed by atoms with Gasteiger partial charge >= 0.3 is 5.69 Å². The Morgan fingerprint density at radius 2 is 1.76 bits per heavy atom. The monoisotopic (exact) mass is 403 g/mol. The van der Waals surface area contributed by atoms with Crippen LogP contribution in [0.1, 0.15) is 57.7 Å². The molecular weight excluding hydrogens is 370 g/mol. The number of piperidine rings is 2. The van der Waals surface area contributed by atoms with Gasteiger partial charge in [-0.15, -0.1) is 0 Å². The highest BCUT2D eigenvalue weighted by atomic mass is 16.2. The number of aryl methyl sites for hydroxylation is 1. The molecule has 4 heterocycles. The lowest BCUT2D eigenvalue weighted by molar-refractivity contribution is -0.142. The van der Waals surface area contributed by atoms with E-state index in [0.717, 1.165) is 51.0 Å². The van der Waals surface area contributed by atoms with Crippen molar-refractivity contribution < 1.29 is 9.59 Å². The Morgan fingerprint density at radius 3 is 2.52 bits per heavy atom. The first-order valence-electron chi connectivity index (χ1n) is 11.3. The fraction of sp³-hybridized carbons (Fsp3) is 0.810. The van der Waals surface area contributed by atoms with Crippen LogP contribution in [0.4, 0.5) is 0 Å². The van der Waals surface area contributed by atoms with Gasteiger partial charge in [0.1, 0.15) is 12.4 Å². The average molecular weight is 404 g/mol. The number of nitrogens with zero attached hydrogens (tertiary/aromatic N) is 5. The molecule has 3 aliphatic rings.